The molecule has 0 saturated carbocycles. The van der Waals surface area contributed by atoms with Crippen LogP contribution >= 0.6 is 0 Å². The minimum Gasteiger partial charge on any atom is -0.466 e. The fourth-order valence-electron chi connectivity index (χ4n) is 3.88. The number of hydrogen-bond donors (Lipinski definition) is 0. The molecule has 0 aliphatic heterocycles. The third-order valence-corrected chi connectivity index (χ3v) is 6.03. The molecule has 32 heavy (non-hydrogen) atoms. The van der Waals surface area contributed by atoms with Gasteiger partial charge in [0.05, 0.1) is 13.2 Å². The van der Waals surface area contributed by atoms with Gasteiger partial charge in [0.15, 0.2) is 0 Å². The molecule has 4 heteroatoms. The molecule has 0 radical (unpaired) electrons. The van der Waals surface area contributed by atoms with E-state index in [-0.39, 0.29) is 11.9 Å². The Hall–Kier alpha value is -1.06. The van der Waals surface area contributed by atoms with Gasteiger partial charge in [-0.1, -0.05) is 117 Å². The minimum absolute atomic E-state index is 0.132. The molecule has 0 aliphatic rings. The molecule has 0 amide bonds. The van der Waals surface area contributed by atoms with Crippen LogP contribution in [0.4, 0.5) is 0 Å². The zero-order valence-electron chi connectivity index (χ0n) is 21.6. The van der Waals surface area contributed by atoms with E-state index in [4.69, 9.17) is 9.47 Å². The number of esters is 2. The van der Waals surface area contributed by atoms with Gasteiger partial charge >= 0.3 is 11.9 Å². The van der Waals surface area contributed by atoms with Gasteiger partial charge in [-0.25, -0.2) is 0 Å². The van der Waals surface area contributed by atoms with Crippen molar-refractivity contribution in [1.82, 2.24) is 0 Å². The summed E-state index contributed by atoms with van der Waals surface area (Å²) in [6.07, 6.45) is 25.2. The van der Waals surface area contributed by atoms with E-state index >= 15 is 0 Å². The van der Waals surface area contributed by atoms with Crippen molar-refractivity contribution >= 4 is 11.9 Å². The fraction of sp³-hybridized carbons (Fsp3) is 0.929. The molecular formula is C28H54O4. The molecule has 190 valence electrons. The van der Waals surface area contributed by atoms with E-state index in [1.54, 1.807) is 0 Å². The largest absolute Gasteiger partial charge is 0.466 e. The highest BCUT2D eigenvalue weighted by molar-refractivity contribution is 5.70. The number of carbonyl (C=O) groups excluding carboxylic acids is 2. The number of unbranched alkanes of at least 4 members (excludes halogenated alkanes) is 17. The predicted molar refractivity (Wildman–Crippen MR) is 135 cm³/mol. The Morgan fingerprint density at radius 3 is 1.03 bits per heavy atom. The summed E-state index contributed by atoms with van der Waals surface area (Å²) in [7, 11) is 0. The first kappa shape index (κ1) is 30.9. The van der Waals surface area contributed by atoms with Crippen molar-refractivity contribution in [1.29, 1.82) is 0 Å². The zero-order valence-corrected chi connectivity index (χ0v) is 21.6. The van der Waals surface area contributed by atoms with Crippen molar-refractivity contribution < 1.29 is 19.1 Å². The Kier molecular flexibility index (Phi) is 25.3. The van der Waals surface area contributed by atoms with Crippen LogP contribution in [0.3, 0.4) is 0 Å². The van der Waals surface area contributed by atoms with Crippen LogP contribution in [0.25, 0.3) is 0 Å². The highest BCUT2D eigenvalue weighted by atomic mass is 16.5. The van der Waals surface area contributed by atoms with Gasteiger partial charge in [-0.3, -0.25) is 9.59 Å². The number of carbonyl (C=O) groups is 2. The van der Waals surface area contributed by atoms with Crippen molar-refractivity contribution in [3.63, 3.8) is 0 Å². The summed E-state index contributed by atoms with van der Waals surface area (Å²) in [4.78, 5) is 23.4. The fourth-order valence-corrected chi connectivity index (χ4v) is 3.88. The summed E-state index contributed by atoms with van der Waals surface area (Å²) in [5, 5.41) is 0. The molecule has 0 fully saturated rings. The molecular weight excluding hydrogens is 400 g/mol. The average molecular weight is 455 g/mol. The highest BCUT2D eigenvalue weighted by Crippen LogP contribution is 2.13. The molecule has 0 bridgehead atoms. The quantitative estimate of drug-likeness (QED) is 0.102. The normalized spacial score (nSPS) is 10.9. The molecule has 0 atom stereocenters. The summed E-state index contributed by atoms with van der Waals surface area (Å²) in [6, 6.07) is 0. The van der Waals surface area contributed by atoms with Gasteiger partial charge in [0.2, 0.25) is 0 Å². The van der Waals surface area contributed by atoms with Crippen molar-refractivity contribution in [3.05, 3.63) is 0 Å². The summed E-state index contributed by atoms with van der Waals surface area (Å²) in [6.45, 7) is 5.50. The van der Waals surface area contributed by atoms with E-state index < -0.39 is 0 Å². The van der Waals surface area contributed by atoms with E-state index in [9.17, 15) is 9.59 Å². The summed E-state index contributed by atoms with van der Waals surface area (Å²) >= 11 is 0. The lowest BCUT2D eigenvalue weighted by Gasteiger charge is -2.06. The highest BCUT2D eigenvalue weighted by Gasteiger charge is 2.06. The zero-order chi connectivity index (χ0) is 23.5. The second kappa shape index (κ2) is 26.2. The van der Waals surface area contributed by atoms with Gasteiger partial charge in [-0.2, -0.15) is 0 Å². The maximum absolute atomic E-state index is 11.8. The number of hydrogen-bond acceptors (Lipinski definition) is 4. The molecule has 0 spiro atoms. The van der Waals surface area contributed by atoms with Gasteiger partial charge in [-0.15, -0.1) is 0 Å². The van der Waals surface area contributed by atoms with Crippen LogP contribution in [0, 0.1) is 0 Å². The smallest absolute Gasteiger partial charge is 0.305 e. The van der Waals surface area contributed by atoms with Crippen molar-refractivity contribution in [2.45, 2.75) is 155 Å². The number of ether oxygens (including phenoxy) is 2. The number of rotatable bonds is 25. The van der Waals surface area contributed by atoms with Gasteiger partial charge in [0, 0.05) is 12.8 Å². The van der Waals surface area contributed by atoms with Crippen molar-refractivity contribution in [3.8, 4) is 0 Å². The van der Waals surface area contributed by atoms with Crippen LogP contribution in [-0.2, 0) is 19.1 Å². The monoisotopic (exact) mass is 454 g/mol. The summed E-state index contributed by atoms with van der Waals surface area (Å²) in [5.74, 6) is -0.273. The third-order valence-electron chi connectivity index (χ3n) is 6.03. The van der Waals surface area contributed by atoms with Gasteiger partial charge < -0.3 is 9.47 Å². The van der Waals surface area contributed by atoms with Gasteiger partial charge in [-0.05, 0) is 25.7 Å². The molecule has 0 aromatic carbocycles. The van der Waals surface area contributed by atoms with E-state index in [1.807, 2.05) is 0 Å². The molecule has 0 rings (SSSR count). The van der Waals surface area contributed by atoms with Crippen LogP contribution < -0.4 is 0 Å². The Balaban J connectivity index is 3.24. The summed E-state index contributed by atoms with van der Waals surface area (Å²) in [5.41, 5.74) is 0. The Morgan fingerprint density at radius 1 is 0.406 bits per heavy atom. The van der Waals surface area contributed by atoms with Crippen LogP contribution in [0.2, 0.25) is 0 Å². The second-order valence-corrected chi connectivity index (χ2v) is 9.30. The molecule has 0 unspecified atom stereocenters. The first-order chi connectivity index (χ1) is 15.7. The molecule has 0 saturated heterocycles. The molecule has 0 aromatic heterocycles. The topological polar surface area (TPSA) is 52.6 Å². The lowest BCUT2D eigenvalue weighted by Crippen LogP contribution is -2.08. The van der Waals surface area contributed by atoms with E-state index in [1.165, 1.54) is 89.9 Å². The molecule has 4 nitrogen and oxygen atoms in total. The third kappa shape index (κ3) is 25.2. The predicted octanol–water partition coefficient (Wildman–Crippen LogP) is 8.69. The lowest BCUT2D eigenvalue weighted by atomic mass is 10.0. The summed E-state index contributed by atoms with van der Waals surface area (Å²) < 4.78 is 10.5. The van der Waals surface area contributed by atoms with Crippen LogP contribution in [0.5, 0.6) is 0 Å². The van der Waals surface area contributed by atoms with Crippen LogP contribution in [0.15, 0.2) is 0 Å². The van der Waals surface area contributed by atoms with Crippen LogP contribution in [0.1, 0.15) is 155 Å². The van der Waals surface area contributed by atoms with E-state index in [0.29, 0.717) is 38.9 Å². The van der Waals surface area contributed by atoms with Gasteiger partial charge in [0.1, 0.15) is 0 Å². The Bertz CT molecular complexity index is 408. The van der Waals surface area contributed by atoms with E-state index in [2.05, 4.69) is 13.8 Å². The van der Waals surface area contributed by atoms with Gasteiger partial charge in [0.25, 0.3) is 0 Å². The van der Waals surface area contributed by atoms with E-state index in [0.717, 1.165) is 25.7 Å². The first-order valence-corrected chi connectivity index (χ1v) is 14.0. The Morgan fingerprint density at radius 2 is 0.688 bits per heavy atom. The lowest BCUT2D eigenvalue weighted by molar-refractivity contribution is -0.146. The standard InChI is InChI=1S/C28H54O4/c1-3-5-7-9-10-11-12-13-14-15-16-17-18-22-26-32-28(30)24-20-19-23-27(29)31-25-21-8-6-4-2/h3-26H2,1-2H3. The molecule has 0 heterocycles. The van der Waals surface area contributed by atoms with Crippen LogP contribution in [-0.4, -0.2) is 25.2 Å². The second-order valence-electron chi connectivity index (χ2n) is 9.30. The maximum atomic E-state index is 11.8. The average Bonchev–Trinajstić information content (AvgIpc) is 2.79. The molecule has 0 N–H and O–H groups in total. The SMILES string of the molecule is CCCCCCCCCCCCCCCCOC(=O)CCCCC(=O)OCCCCCC. The first-order valence-electron chi connectivity index (χ1n) is 14.0. The molecule has 0 aliphatic carbocycles. The Labute approximate surface area is 199 Å². The maximum Gasteiger partial charge on any atom is 0.305 e. The van der Waals surface area contributed by atoms with Crippen molar-refractivity contribution in [2.75, 3.05) is 13.2 Å². The van der Waals surface area contributed by atoms with Crippen molar-refractivity contribution in [2.24, 2.45) is 0 Å². The molecule has 0 aromatic rings. The minimum atomic E-state index is -0.141.